The molecule has 0 atom stereocenters. The molecule has 2 rings (SSSR count). The highest BCUT2D eigenvalue weighted by atomic mass is 35.5. The average molecular weight is 418 g/mol. The second-order valence-electron chi connectivity index (χ2n) is 5.22. The Bertz CT molecular complexity index is 945. The van der Waals surface area contributed by atoms with Crippen LogP contribution in [-0.2, 0) is 14.8 Å². The summed E-state index contributed by atoms with van der Waals surface area (Å²) in [5.74, 6) is -0.625. The first-order valence-corrected chi connectivity index (χ1v) is 9.26. The number of halogens is 2. The second kappa shape index (κ2) is 8.00. The van der Waals surface area contributed by atoms with E-state index in [0.29, 0.717) is 15.7 Å². The van der Waals surface area contributed by atoms with Crippen LogP contribution in [0.25, 0.3) is 0 Å². The number of hydrogen-bond acceptors (Lipinski definition) is 5. The molecule has 0 aliphatic carbocycles. The molecule has 0 unspecified atom stereocenters. The third-order valence-corrected chi connectivity index (χ3v) is 5.49. The van der Waals surface area contributed by atoms with Gasteiger partial charge in [0.25, 0.3) is 5.69 Å². The lowest BCUT2D eigenvalue weighted by atomic mass is 10.3. The van der Waals surface area contributed by atoms with E-state index in [9.17, 15) is 23.3 Å². The number of sulfonamides is 1. The summed E-state index contributed by atoms with van der Waals surface area (Å²) in [4.78, 5) is 21.9. The minimum atomic E-state index is -4.08. The molecule has 0 aliphatic rings. The maximum atomic E-state index is 12.5. The molecule has 0 aliphatic heterocycles. The van der Waals surface area contributed by atoms with Crippen molar-refractivity contribution in [3.63, 3.8) is 0 Å². The zero-order valence-electron chi connectivity index (χ0n) is 13.3. The molecule has 2 aromatic rings. The van der Waals surface area contributed by atoms with Crippen molar-refractivity contribution in [3.05, 3.63) is 62.6 Å². The van der Waals surface area contributed by atoms with Gasteiger partial charge >= 0.3 is 0 Å². The Morgan fingerprint density at radius 1 is 1.19 bits per heavy atom. The van der Waals surface area contributed by atoms with Crippen LogP contribution in [0.4, 0.5) is 11.4 Å². The van der Waals surface area contributed by atoms with Crippen LogP contribution in [0.2, 0.25) is 10.0 Å². The molecule has 138 valence electrons. The highest BCUT2D eigenvalue weighted by Crippen LogP contribution is 2.23. The lowest BCUT2D eigenvalue weighted by Gasteiger charge is -2.17. The van der Waals surface area contributed by atoms with Gasteiger partial charge in [0.05, 0.1) is 16.4 Å². The van der Waals surface area contributed by atoms with E-state index in [1.165, 1.54) is 43.4 Å². The Morgan fingerprint density at radius 2 is 1.81 bits per heavy atom. The zero-order chi connectivity index (χ0) is 19.5. The second-order valence-corrected chi connectivity index (χ2v) is 8.14. The van der Waals surface area contributed by atoms with Gasteiger partial charge in [-0.3, -0.25) is 14.9 Å². The third kappa shape index (κ3) is 4.92. The predicted octanol–water partition coefficient (Wildman–Crippen LogP) is 3.16. The van der Waals surface area contributed by atoms with Gasteiger partial charge in [-0.25, -0.2) is 8.42 Å². The Kier molecular flexibility index (Phi) is 6.19. The number of anilines is 1. The van der Waals surface area contributed by atoms with E-state index in [1.807, 2.05) is 0 Å². The summed E-state index contributed by atoms with van der Waals surface area (Å²) in [5, 5.41) is 13.9. The Labute approximate surface area is 159 Å². The number of carbonyl (C=O) groups excluding carboxylic acids is 1. The monoisotopic (exact) mass is 417 g/mol. The van der Waals surface area contributed by atoms with Gasteiger partial charge in [0.15, 0.2) is 0 Å². The van der Waals surface area contributed by atoms with Crippen LogP contribution in [0.15, 0.2) is 47.4 Å². The quantitative estimate of drug-likeness (QED) is 0.573. The highest BCUT2D eigenvalue weighted by molar-refractivity contribution is 7.89. The van der Waals surface area contributed by atoms with Gasteiger partial charge in [-0.15, -0.1) is 0 Å². The van der Waals surface area contributed by atoms with Gasteiger partial charge in [-0.05, 0) is 24.3 Å². The molecule has 1 amide bonds. The van der Waals surface area contributed by atoms with Crippen LogP contribution >= 0.6 is 23.2 Å². The molecular formula is C15H13Cl2N3O5S. The van der Waals surface area contributed by atoms with Gasteiger partial charge in [-0.1, -0.05) is 29.3 Å². The maximum absolute atomic E-state index is 12.5. The predicted molar refractivity (Wildman–Crippen MR) is 98.0 cm³/mol. The van der Waals surface area contributed by atoms with E-state index in [1.54, 1.807) is 0 Å². The molecule has 0 spiro atoms. The summed E-state index contributed by atoms with van der Waals surface area (Å²) >= 11 is 11.7. The standard InChI is InChI=1S/C15H13Cl2N3O5S/c1-19(9-15(21)18-12-6-10(16)5-11(17)7-12)26(24,25)14-4-2-3-13(8-14)20(22)23/h2-8H,9H2,1H3,(H,18,21). The fraction of sp³-hybridized carbons (Fsp3) is 0.133. The molecule has 8 nitrogen and oxygen atoms in total. The lowest BCUT2D eigenvalue weighted by Crippen LogP contribution is -2.35. The van der Waals surface area contributed by atoms with Crippen molar-refractivity contribution < 1.29 is 18.1 Å². The Hall–Kier alpha value is -2.20. The van der Waals surface area contributed by atoms with Crippen LogP contribution in [0.1, 0.15) is 0 Å². The van der Waals surface area contributed by atoms with Crippen LogP contribution < -0.4 is 5.32 Å². The fourth-order valence-corrected chi connectivity index (χ4v) is 3.74. The molecule has 0 saturated carbocycles. The molecule has 2 aromatic carbocycles. The molecule has 26 heavy (non-hydrogen) atoms. The summed E-state index contributed by atoms with van der Waals surface area (Å²) in [5.41, 5.74) is -0.0499. The number of nitro groups is 1. The molecular weight excluding hydrogens is 405 g/mol. The molecule has 0 bridgehead atoms. The third-order valence-electron chi connectivity index (χ3n) is 3.25. The van der Waals surface area contributed by atoms with Crippen molar-refractivity contribution in [2.75, 3.05) is 18.9 Å². The van der Waals surface area contributed by atoms with Crippen molar-refractivity contribution in [2.24, 2.45) is 0 Å². The van der Waals surface area contributed by atoms with Crippen LogP contribution in [0.3, 0.4) is 0 Å². The molecule has 11 heteroatoms. The number of benzene rings is 2. The number of non-ortho nitro benzene ring substituents is 1. The maximum Gasteiger partial charge on any atom is 0.270 e. The van der Waals surface area contributed by atoms with E-state index in [4.69, 9.17) is 23.2 Å². The average Bonchev–Trinajstić information content (AvgIpc) is 2.53. The summed E-state index contributed by atoms with van der Waals surface area (Å²) in [7, 11) is -2.89. The number of carbonyl (C=O) groups is 1. The highest BCUT2D eigenvalue weighted by Gasteiger charge is 2.24. The Balaban J connectivity index is 2.14. The van der Waals surface area contributed by atoms with Gasteiger partial charge < -0.3 is 5.32 Å². The van der Waals surface area contributed by atoms with Crippen LogP contribution in [-0.4, -0.2) is 37.1 Å². The molecule has 0 radical (unpaired) electrons. The first-order chi connectivity index (χ1) is 12.1. The summed E-state index contributed by atoms with van der Waals surface area (Å²) in [6, 6.07) is 8.98. The number of nitrogens with zero attached hydrogens (tertiary/aromatic N) is 2. The minimum absolute atomic E-state index is 0.284. The first kappa shape index (κ1) is 20.1. The molecule has 0 heterocycles. The van der Waals surface area contributed by atoms with Crippen molar-refractivity contribution in [1.82, 2.24) is 4.31 Å². The van der Waals surface area contributed by atoms with Crippen molar-refractivity contribution in [3.8, 4) is 0 Å². The van der Waals surface area contributed by atoms with Gasteiger partial charge in [0.1, 0.15) is 0 Å². The molecule has 0 saturated heterocycles. The number of nitro benzene ring substituents is 1. The first-order valence-electron chi connectivity index (χ1n) is 7.06. The van der Waals surface area contributed by atoms with Crippen molar-refractivity contribution in [2.45, 2.75) is 4.90 Å². The topological polar surface area (TPSA) is 110 Å². The van der Waals surface area contributed by atoms with E-state index >= 15 is 0 Å². The number of likely N-dealkylation sites (N-methyl/N-ethyl adjacent to an activating group) is 1. The fourth-order valence-electron chi connectivity index (χ4n) is 2.05. The SMILES string of the molecule is CN(CC(=O)Nc1cc(Cl)cc(Cl)c1)S(=O)(=O)c1cccc([N+](=O)[O-])c1. The van der Waals surface area contributed by atoms with E-state index < -0.39 is 27.4 Å². The van der Waals surface area contributed by atoms with Crippen molar-refractivity contribution >= 4 is 50.5 Å². The largest absolute Gasteiger partial charge is 0.325 e. The van der Waals surface area contributed by atoms with Gasteiger partial charge in [0.2, 0.25) is 15.9 Å². The minimum Gasteiger partial charge on any atom is -0.325 e. The number of rotatable bonds is 6. The number of amides is 1. The normalized spacial score (nSPS) is 11.4. The smallest absolute Gasteiger partial charge is 0.270 e. The van der Waals surface area contributed by atoms with E-state index in [0.717, 1.165) is 10.4 Å². The van der Waals surface area contributed by atoms with Crippen LogP contribution in [0.5, 0.6) is 0 Å². The lowest BCUT2D eigenvalue weighted by molar-refractivity contribution is -0.385. The summed E-state index contributed by atoms with van der Waals surface area (Å²) in [6.45, 7) is -0.505. The van der Waals surface area contributed by atoms with Gasteiger partial charge in [0, 0.05) is 34.9 Å². The van der Waals surface area contributed by atoms with E-state index in [-0.39, 0.29) is 10.6 Å². The molecule has 0 aromatic heterocycles. The Morgan fingerprint density at radius 3 is 2.38 bits per heavy atom. The van der Waals surface area contributed by atoms with Gasteiger partial charge in [-0.2, -0.15) is 4.31 Å². The number of nitrogens with one attached hydrogen (secondary N) is 1. The number of hydrogen-bond donors (Lipinski definition) is 1. The molecule has 0 fully saturated rings. The zero-order valence-corrected chi connectivity index (χ0v) is 15.7. The molecule has 1 N–H and O–H groups in total. The summed E-state index contributed by atoms with van der Waals surface area (Å²) in [6.07, 6.45) is 0. The van der Waals surface area contributed by atoms with Crippen LogP contribution in [0, 0.1) is 10.1 Å². The van der Waals surface area contributed by atoms with E-state index in [2.05, 4.69) is 5.32 Å². The summed E-state index contributed by atoms with van der Waals surface area (Å²) < 4.78 is 25.8. The van der Waals surface area contributed by atoms with Crippen molar-refractivity contribution in [1.29, 1.82) is 0 Å².